The van der Waals surface area contributed by atoms with E-state index in [1.165, 1.54) is 4.88 Å². The summed E-state index contributed by atoms with van der Waals surface area (Å²) in [5.41, 5.74) is 1.88. The van der Waals surface area contributed by atoms with Crippen molar-refractivity contribution < 1.29 is 4.74 Å². The van der Waals surface area contributed by atoms with Crippen molar-refractivity contribution in [2.75, 3.05) is 13.2 Å². The van der Waals surface area contributed by atoms with E-state index in [4.69, 9.17) is 4.74 Å². The number of hydrogen-bond donors (Lipinski definition) is 0. The van der Waals surface area contributed by atoms with Crippen molar-refractivity contribution in [3.8, 4) is 0 Å². The fourth-order valence-corrected chi connectivity index (χ4v) is 1.60. The first-order valence-corrected chi connectivity index (χ1v) is 5.26. The SMILES string of the molecule is CCCOCCCc1cncs1. The summed E-state index contributed by atoms with van der Waals surface area (Å²) < 4.78 is 5.37. The Hall–Kier alpha value is -0.410. The van der Waals surface area contributed by atoms with Gasteiger partial charge in [0.2, 0.25) is 0 Å². The second-order valence-electron chi connectivity index (χ2n) is 2.68. The molecule has 0 N–H and O–H groups in total. The van der Waals surface area contributed by atoms with Gasteiger partial charge >= 0.3 is 0 Å². The third-order valence-corrected chi connectivity index (χ3v) is 2.38. The van der Waals surface area contributed by atoms with Crippen LogP contribution in [0.2, 0.25) is 0 Å². The van der Waals surface area contributed by atoms with Gasteiger partial charge in [-0.15, -0.1) is 11.3 Å². The summed E-state index contributed by atoms with van der Waals surface area (Å²) >= 11 is 1.72. The summed E-state index contributed by atoms with van der Waals surface area (Å²) in [5, 5.41) is 0. The molecule has 0 saturated carbocycles. The van der Waals surface area contributed by atoms with Crippen LogP contribution in [0.15, 0.2) is 11.7 Å². The first kappa shape index (κ1) is 9.68. The van der Waals surface area contributed by atoms with Crippen LogP contribution in [-0.4, -0.2) is 18.2 Å². The molecule has 0 atom stereocenters. The molecule has 68 valence electrons. The molecule has 0 aliphatic heterocycles. The summed E-state index contributed by atoms with van der Waals surface area (Å²) in [6, 6.07) is 0. The van der Waals surface area contributed by atoms with E-state index in [2.05, 4.69) is 11.9 Å². The number of ether oxygens (including phenoxy) is 1. The molecule has 1 rings (SSSR count). The molecule has 1 aromatic heterocycles. The lowest BCUT2D eigenvalue weighted by atomic mass is 10.3. The van der Waals surface area contributed by atoms with E-state index in [1.807, 2.05) is 11.7 Å². The topological polar surface area (TPSA) is 22.1 Å². The third kappa shape index (κ3) is 3.83. The Morgan fingerprint density at radius 1 is 1.50 bits per heavy atom. The molecule has 0 fully saturated rings. The first-order chi connectivity index (χ1) is 5.93. The molecule has 0 spiro atoms. The Kier molecular flexibility index (Phi) is 4.95. The molecule has 0 radical (unpaired) electrons. The first-order valence-electron chi connectivity index (χ1n) is 4.38. The van der Waals surface area contributed by atoms with E-state index in [0.717, 1.165) is 32.5 Å². The van der Waals surface area contributed by atoms with Gasteiger partial charge in [0, 0.05) is 24.3 Å². The normalized spacial score (nSPS) is 10.4. The quantitative estimate of drug-likeness (QED) is 0.635. The number of hydrogen-bond acceptors (Lipinski definition) is 3. The average Bonchev–Trinajstić information content (AvgIpc) is 2.57. The summed E-state index contributed by atoms with van der Waals surface area (Å²) in [4.78, 5) is 5.37. The molecule has 1 aromatic rings. The van der Waals surface area contributed by atoms with Crippen molar-refractivity contribution in [2.24, 2.45) is 0 Å². The highest BCUT2D eigenvalue weighted by molar-refractivity contribution is 7.09. The Morgan fingerprint density at radius 2 is 2.42 bits per heavy atom. The number of aryl methyl sites for hydroxylation is 1. The lowest BCUT2D eigenvalue weighted by Gasteiger charge is -1.99. The molecular formula is C9H15NOS. The maximum atomic E-state index is 5.37. The van der Waals surface area contributed by atoms with Gasteiger partial charge in [-0.25, -0.2) is 0 Å². The van der Waals surface area contributed by atoms with Crippen LogP contribution in [0, 0.1) is 0 Å². The minimum atomic E-state index is 0.881. The van der Waals surface area contributed by atoms with Crippen LogP contribution in [0.25, 0.3) is 0 Å². The number of nitrogens with zero attached hydrogens (tertiary/aromatic N) is 1. The van der Waals surface area contributed by atoms with Crippen LogP contribution in [0.5, 0.6) is 0 Å². The van der Waals surface area contributed by atoms with Gasteiger partial charge in [-0.2, -0.15) is 0 Å². The van der Waals surface area contributed by atoms with Crippen LogP contribution in [0.3, 0.4) is 0 Å². The fraction of sp³-hybridized carbons (Fsp3) is 0.667. The van der Waals surface area contributed by atoms with Crippen molar-refractivity contribution in [2.45, 2.75) is 26.2 Å². The predicted octanol–water partition coefficient (Wildman–Crippen LogP) is 2.50. The molecule has 0 aliphatic carbocycles. The van der Waals surface area contributed by atoms with Crippen LogP contribution in [-0.2, 0) is 11.2 Å². The van der Waals surface area contributed by atoms with Crippen molar-refractivity contribution in [1.82, 2.24) is 4.98 Å². The van der Waals surface area contributed by atoms with E-state index in [-0.39, 0.29) is 0 Å². The Labute approximate surface area is 77.6 Å². The van der Waals surface area contributed by atoms with Gasteiger partial charge < -0.3 is 4.74 Å². The number of rotatable bonds is 6. The minimum absolute atomic E-state index is 0.881. The van der Waals surface area contributed by atoms with Crippen molar-refractivity contribution >= 4 is 11.3 Å². The molecule has 0 unspecified atom stereocenters. The zero-order valence-electron chi connectivity index (χ0n) is 7.45. The van der Waals surface area contributed by atoms with Crippen molar-refractivity contribution in [3.63, 3.8) is 0 Å². The van der Waals surface area contributed by atoms with Crippen LogP contribution < -0.4 is 0 Å². The van der Waals surface area contributed by atoms with Gasteiger partial charge in [-0.3, -0.25) is 4.98 Å². The Morgan fingerprint density at radius 3 is 3.08 bits per heavy atom. The van der Waals surface area contributed by atoms with E-state index >= 15 is 0 Å². The monoisotopic (exact) mass is 185 g/mol. The highest BCUT2D eigenvalue weighted by Gasteiger charge is 1.93. The zero-order valence-corrected chi connectivity index (χ0v) is 8.27. The number of thiazole rings is 1. The standard InChI is InChI=1S/C9H15NOS/c1-2-5-11-6-3-4-9-7-10-8-12-9/h7-8H,2-6H2,1H3. The fourth-order valence-electron chi connectivity index (χ4n) is 0.960. The lowest BCUT2D eigenvalue weighted by Crippen LogP contribution is -1.96. The van der Waals surface area contributed by atoms with Crippen molar-refractivity contribution in [3.05, 3.63) is 16.6 Å². The lowest BCUT2D eigenvalue weighted by molar-refractivity contribution is 0.133. The average molecular weight is 185 g/mol. The van der Waals surface area contributed by atoms with Gasteiger partial charge in [0.1, 0.15) is 0 Å². The van der Waals surface area contributed by atoms with E-state index in [9.17, 15) is 0 Å². The van der Waals surface area contributed by atoms with Crippen LogP contribution >= 0.6 is 11.3 Å². The molecule has 0 aliphatic rings. The van der Waals surface area contributed by atoms with Gasteiger partial charge in [0.05, 0.1) is 5.51 Å². The van der Waals surface area contributed by atoms with E-state index in [0.29, 0.717) is 0 Å². The van der Waals surface area contributed by atoms with Gasteiger partial charge in [0.15, 0.2) is 0 Å². The molecule has 1 heterocycles. The smallest absolute Gasteiger partial charge is 0.0794 e. The maximum absolute atomic E-state index is 5.37. The zero-order chi connectivity index (χ0) is 8.65. The molecule has 0 saturated heterocycles. The molecule has 2 nitrogen and oxygen atoms in total. The molecule has 0 amide bonds. The Balaban J connectivity index is 1.96. The predicted molar refractivity (Wildman–Crippen MR) is 51.5 cm³/mol. The maximum Gasteiger partial charge on any atom is 0.0794 e. The summed E-state index contributed by atoms with van der Waals surface area (Å²) in [5.74, 6) is 0. The van der Waals surface area contributed by atoms with Crippen molar-refractivity contribution in [1.29, 1.82) is 0 Å². The summed E-state index contributed by atoms with van der Waals surface area (Å²) in [6.45, 7) is 3.90. The largest absolute Gasteiger partial charge is 0.381 e. The number of aromatic nitrogens is 1. The third-order valence-electron chi connectivity index (χ3n) is 1.54. The van der Waals surface area contributed by atoms with Gasteiger partial charge in [-0.1, -0.05) is 6.92 Å². The summed E-state index contributed by atoms with van der Waals surface area (Å²) in [7, 11) is 0. The van der Waals surface area contributed by atoms with Gasteiger partial charge in [0.25, 0.3) is 0 Å². The molecular weight excluding hydrogens is 170 g/mol. The second-order valence-corrected chi connectivity index (χ2v) is 3.65. The molecule has 0 bridgehead atoms. The summed E-state index contributed by atoms with van der Waals surface area (Å²) in [6.07, 6.45) is 5.27. The Bertz CT molecular complexity index is 186. The van der Waals surface area contributed by atoms with Crippen LogP contribution in [0.4, 0.5) is 0 Å². The minimum Gasteiger partial charge on any atom is -0.381 e. The van der Waals surface area contributed by atoms with E-state index in [1.54, 1.807) is 11.3 Å². The molecule has 12 heavy (non-hydrogen) atoms. The molecule has 3 heteroatoms. The van der Waals surface area contributed by atoms with E-state index < -0.39 is 0 Å². The molecule has 0 aromatic carbocycles. The highest BCUT2D eigenvalue weighted by atomic mass is 32.1. The van der Waals surface area contributed by atoms with Gasteiger partial charge in [-0.05, 0) is 19.3 Å². The second kappa shape index (κ2) is 6.14. The van der Waals surface area contributed by atoms with Crippen LogP contribution in [0.1, 0.15) is 24.6 Å². The highest BCUT2D eigenvalue weighted by Crippen LogP contribution is 2.07.